The Morgan fingerprint density at radius 2 is 0.444 bits per heavy atom. The van der Waals surface area contributed by atoms with Gasteiger partial charge in [-0.3, -0.25) is 24.0 Å². The molecule has 0 aliphatic carbocycles. The van der Waals surface area contributed by atoms with E-state index in [9.17, 15) is 162 Å². The van der Waals surface area contributed by atoms with E-state index in [1.807, 2.05) is 0 Å². The second-order valence-electron chi connectivity index (χ2n) is 31.7. The van der Waals surface area contributed by atoms with Crippen molar-refractivity contribution in [3.05, 3.63) is 0 Å². The van der Waals surface area contributed by atoms with Crippen LogP contribution in [-0.2, 0) is 114 Å². The summed E-state index contributed by atoms with van der Waals surface area (Å²) < 4.78 is 114. The first-order valence-electron chi connectivity index (χ1n) is 40.1. The summed E-state index contributed by atoms with van der Waals surface area (Å²) in [4.78, 5) is 63.9. The highest BCUT2D eigenvalue weighted by Gasteiger charge is 2.62. The molecule has 10 rings (SSSR count). The number of aliphatic hydroxyl groups excluding tert-OH is 27. The van der Waals surface area contributed by atoms with Crippen LogP contribution in [0.15, 0.2) is 0 Å². The molecule has 56 nitrogen and oxygen atoms in total. The molecule has 10 heterocycles. The zero-order valence-electron chi connectivity index (χ0n) is 67.8. The van der Waals surface area contributed by atoms with Gasteiger partial charge in [-0.05, 0) is 0 Å². The molecule has 32 N–H and O–H groups in total. The molecule has 728 valence electrons. The van der Waals surface area contributed by atoms with E-state index in [2.05, 4.69) is 26.6 Å². The van der Waals surface area contributed by atoms with Crippen molar-refractivity contribution in [2.24, 2.45) is 0 Å². The maximum absolute atomic E-state index is 13.1. The van der Waals surface area contributed by atoms with Crippen LogP contribution in [0.1, 0.15) is 34.6 Å². The van der Waals surface area contributed by atoms with Crippen molar-refractivity contribution in [2.45, 2.75) is 341 Å². The Labute approximate surface area is 713 Å². The highest BCUT2D eigenvalue weighted by atomic mass is 16.8. The molecule has 0 unspecified atom stereocenters. The van der Waals surface area contributed by atoms with Crippen molar-refractivity contribution in [1.29, 1.82) is 0 Å². The van der Waals surface area contributed by atoms with Gasteiger partial charge in [0.25, 0.3) is 0 Å². The van der Waals surface area contributed by atoms with Crippen LogP contribution in [0.5, 0.6) is 0 Å². The normalized spacial score (nSPS) is 48.4. The van der Waals surface area contributed by atoms with Crippen molar-refractivity contribution in [3.8, 4) is 0 Å². The summed E-state index contributed by atoms with van der Waals surface area (Å²) in [5.41, 5.74) is 0. The number of nitrogens with one attached hydrogen (secondary N) is 5. The van der Waals surface area contributed by atoms with Gasteiger partial charge >= 0.3 is 0 Å². The lowest BCUT2D eigenvalue weighted by Crippen LogP contribution is -2.71. The first-order valence-corrected chi connectivity index (χ1v) is 40.1. The molecule has 10 fully saturated rings. The minimum Gasteiger partial charge on any atom is -0.394 e. The van der Waals surface area contributed by atoms with Gasteiger partial charge in [-0.2, -0.15) is 0 Å². The number of aliphatic hydroxyl groups is 27. The van der Waals surface area contributed by atoms with Crippen LogP contribution < -0.4 is 26.6 Å². The molecular weight excluding hydrogens is 1730 g/mol. The third-order valence-electron chi connectivity index (χ3n) is 22.9. The summed E-state index contributed by atoms with van der Waals surface area (Å²) >= 11 is 0. The summed E-state index contributed by atoms with van der Waals surface area (Å²) in [6.45, 7) is -6.68. The van der Waals surface area contributed by atoms with Gasteiger partial charge in [0, 0.05) is 34.6 Å². The molecule has 10 aliphatic rings. The molecule has 126 heavy (non-hydrogen) atoms. The minimum atomic E-state index is -2.66. The first-order chi connectivity index (χ1) is 59.6. The molecule has 0 aromatic rings. The topological polar surface area (TPSA) is 867 Å². The van der Waals surface area contributed by atoms with Crippen LogP contribution in [0.4, 0.5) is 0 Å². The van der Waals surface area contributed by atoms with Gasteiger partial charge in [0.05, 0.1) is 66.1 Å². The van der Waals surface area contributed by atoms with Gasteiger partial charge in [0.1, 0.15) is 244 Å². The van der Waals surface area contributed by atoms with Crippen molar-refractivity contribution in [1.82, 2.24) is 26.6 Å². The van der Waals surface area contributed by atoms with Crippen LogP contribution in [0.3, 0.4) is 0 Å². The summed E-state index contributed by atoms with van der Waals surface area (Å²) in [7, 11) is 0. The van der Waals surface area contributed by atoms with E-state index in [-0.39, 0.29) is 0 Å². The van der Waals surface area contributed by atoms with Gasteiger partial charge in [-0.1, -0.05) is 0 Å². The van der Waals surface area contributed by atoms with E-state index in [1.165, 1.54) is 0 Å². The summed E-state index contributed by atoms with van der Waals surface area (Å²) in [6.07, 6.45) is -96.0. The Hall–Kier alpha value is -4.49. The number of hydrogen-bond donors (Lipinski definition) is 32. The van der Waals surface area contributed by atoms with E-state index in [4.69, 9.17) is 90.0 Å². The van der Waals surface area contributed by atoms with Gasteiger partial charge < -0.3 is 254 Å². The average molecular weight is 1840 g/mol. The molecule has 0 radical (unpaired) electrons. The fourth-order valence-electron chi connectivity index (χ4n) is 16.3. The third kappa shape index (κ3) is 22.9. The Balaban J connectivity index is 1.00. The highest BCUT2D eigenvalue weighted by Crippen LogP contribution is 2.41. The fourth-order valence-corrected chi connectivity index (χ4v) is 16.3. The SMILES string of the molecule is CC(=O)N[C@@H]1[C@@H](O)[C@H](O[C@@H]2O[C@H](CO)[C@@H](O[C@@H]3O[C@H](CO[C@H]4O[C@H](CO)[C@@H](O)[C@H](O)[C@@H]4O[C@@H]4O[C@H](CO)[C@@H](O[C@@H]5O[C@H](CO)[C@H](O)[C@H](O[C@H]6O[C@H](CO)[C@H](O)[C@H](O)[C@H]6O)[C@H]5O)[C@H](O)[C@H]4NC(C)=O)[C@@H](O)[C@H](O[C@H]4O[C@H](CO)[C@@H](O[C@@H]5O[C@H](CO)[C@@H](O)[C@H](O)[C@H]5NC(C)=O)[C@H](O)[C@@H]4O[C@@H]4O[C@H](CO)[C@@H](O)[C@H](O)[C@H]4NC(C)=O)[C@@H]3O)[C@H](O)[C@H]2NC(C)=O)[C@@H](CO)O[C@H]1O. The molecule has 5 amide bonds. The van der Waals surface area contributed by atoms with Crippen molar-refractivity contribution >= 4 is 29.5 Å². The van der Waals surface area contributed by atoms with E-state index < -0.39 is 402 Å². The number of amides is 5. The number of carbonyl (C=O) groups excluding carboxylic acids is 5. The van der Waals surface area contributed by atoms with Crippen molar-refractivity contribution < 1.29 is 252 Å². The molecule has 0 aromatic carbocycles. The van der Waals surface area contributed by atoms with E-state index in [1.54, 1.807) is 0 Å². The van der Waals surface area contributed by atoms with Gasteiger partial charge in [-0.15, -0.1) is 0 Å². The largest absolute Gasteiger partial charge is 0.394 e. The summed E-state index contributed by atoms with van der Waals surface area (Å²) in [6, 6.07) is -9.41. The molecule has 10 aliphatic heterocycles. The Kier molecular flexibility index (Phi) is 37.4. The number of rotatable bonds is 33. The summed E-state index contributed by atoms with van der Waals surface area (Å²) in [5, 5.41) is 315. The smallest absolute Gasteiger partial charge is 0.217 e. The molecule has 50 atom stereocenters. The lowest BCUT2D eigenvalue weighted by molar-refractivity contribution is -0.403. The fraction of sp³-hybridized carbons (Fsp3) is 0.929. The van der Waals surface area contributed by atoms with E-state index in [0.29, 0.717) is 0 Å². The van der Waals surface area contributed by atoms with Crippen molar-refractivity contribution in [3.63, 3.8) is 0 Å². The predicted molar refractivity (Wildman–Crippen MR) is 388 cm³/mol. The second kappa shape index (κ2) is 45.5. The zero-order valence-corrected chi connectivity index (χ0v) is 67.8. The number of carbonyl (C=O) groups is 5. The van der Waals surface area contributed by atoms with E-state index >= 15 is 0 Å². The minimum absolute atomic E-state index is 0.809. The molecule has 0 saturated carbocycles. The van der Waals surface area contributed by atoms with Crippen LogP contribution in [0.25, 0.3) is 0 Å². The monoisotopic (exact) mass is 1840 g/mol. The number of ether oxygens (including phenoxy) is 19. The molecule has 0 aromatic heterocycles. The Morgan fingerprint density at radius 3 is 0.825 bits per heavy atom. The van der Waals surface area contributed by atoms with Crippen LogP contribution in [-0.4, -0.2) is 540 Å². The van der Waals surface area contributed by atoms with Gasteiger partial charge in [-0.25, -0.2) is 0 Å². The lowest BCUT2D eigenvalue weighted by atomic mass is 9.93. The maximum atomic E-state index is 13.1. The van der Waals surface area contributed by atoms with Gasteiger partial charge in [0.15, 0.2) is 62.9 Å². The summed E-state index contributed by atoms with van der Waals surface area (Å²) in [5.74, 6) is -4.62. The van der Waals surface area contributed by atoms with Crippen LogP contribution >= 0.6 is 0 Å². The zero-order chi connectivity index (χ0) is 92.8. The molecule has 56 heteroatoms. The van der Waals surface area contributed by atoms with Crippen LogP contribution in [0, 0.1) is 0 Å². The molecule has 0 bridgehead atoms. The standard InChI is InChI=1S/C70H117N5O51/c1-16(85)71-31-44(98)53(26(11-81)109-61(31)107)119-64-34(74-19(4)88)45(99)55(27(12-82)115-64)122-68-52(106)58(124-70-60(126-63-33(73-18(3)87)43(97)37(91)22(7-77)111-63)50(104)56(29(14-84)117-70)120-62-32(72-17(2)86)42(96)36(90)21(6-76)110-62)41(95)30(118-68)15-108-69-59(48(102)39(93)24(9-79)114-69)125-65-35(75-20(5)89)46(100)54(28(13-83)116-65)121-67-51(105)57(40(94)25(10-80)113-67)123-66-49(103)47(101)38(92)23(8-78)112-66/h21-70,76-84,90-107H,6-15H2,1-5H3,(H,71,85)(H,72,86)(H,73,87)(H,74,88)(H,75,89)/t21-,22-,23-,24-,25-,26-,27-,28-,29-,30-,31-,32-,33-,34-,35-,36-,37-,38+,39-,40+,41-,42-,43-,44-,45-,46-,47+,48+,49-,50+,51-,52+,53-,54-,55-,56-,57+,58+,59+,60+,61-,62+,63+,64+,65+,66-,67+,68+,69+,70-/m1/s1. The maximum Gasteiger partial charge on any atom is 0.217 e. The molecule has 10 saturated heterocycles. The van der Waals surface area contributed by atoms with Crippen LogP contribution in [0.2, 0.25) is 0 Å². The quantitative estimate of drug-likeness (QED) is 0.0290. The highest BCUT2D eigenvalue weighted by molar-refractivity contribution is 5.75. The first kappa shape index (κ1) is 104. The lowest BCUT2D eigenvalue weighted by Gasteiger charge is -2.52. The number of hydrogen-bond acceptors (Lipinski definition) is 51. The molecular formula is C70H117N5O51. The molecule has 0 spiro atoms. The van der Waals surface area contributed by atoms with Crippen molar-refractivity contribution in [2.75, 3.05) is 66.1 Å². The second-order valence-corrected chi connectivity index (χ2v) is 31.7. The third-order valence-corrected chi connectivity index (χ3v) is 22.9. The predicted octanol–water partition coefficient (Wildman–Crippen LogP) is -22.1. The Morgan fingerprint density at radius 1 is 0.206 bits per heavy atom. The Bertz CT molecular complexity index is 3440. The van der Waals surface area contributed by atoms with E-state index in [0.717, 1.165) is 34.6 Å². The van der Waals surface area contributed by atoms with Gasteiger partial charge in [0.2, 0.25) is 29.5 Å². The average Bonchev–Trinajstić information content (AvgIpc) is 0.763.